The third kappa shape index (κ3) is 11.9. The van der Waals surface area contributed by atoms with Crippen molar-refractivity contribution in [1.82, 2.24) is 15.5 Å². The lowest BCUT2D eigenvalue weighted by atomic mass is 10.1. The highest BCUT2D eigenvalue weighted by molar-refractivity contribution is 14.0. The van der Waals surface area contributed by atoms with Gasteiger partial charge in [-0.15, -0.1) is 24.0 Å². The molecule has 2 N–H and O–H groups in total. The zero-order valence-electron chi connectivity index (χ0n) is 15.0. The zero-order chi connectivity index (χ0) is 16.5. The molecule has 0 spiro atoms. The van der Waals surface area contributed by atoms with E-state index in [1.807, 2.05) is 39.8 Å². The van der Waals surface area contributed by atoms with Crippen LogP contribution in [0.2, 0.25) is 0 Å². The average molecular weight is 428 g/mol. The summed E-state index contributed by atoms with van der Waals surface area (Å²) in [5.41, 5.74) is -0.476. The molecule has 0 aromatic rings. The maximum Gasteiger partial charge on any atom is 0.407 e. The van der Waals surface area contributed by atoms with Crippen LogP contribution in [-0.2, 0) is 4.74 Å². The summed E-state index contributed by atoms with van der Waals surface area (Å²) in [6.45, 7) is 8.23. The minimum Gasteiger partial charge on any atom is -0.444 e. The second-order valence-electron chi connectivity index (χ2n) is 6.31. The standard InChI is InChI=1S/C15H32N4O2.HI/c1-8-9-10-12(18-13(16-5)19(6)7)11-17-14(20)21-15(2,3)4;/h12H,8-11H2,1-7H3,(H,16,18)(H,17,20);1H. The first-order valence-electron chi connectivity index (χ1n) is 7.57. The number of hydrogen-bond donors (Lipinski definition) is 2. The Morgan fingerprint density at radius 2 is 1.91 bits per heavy atom. The highest BCUT2D eigenvalue weighted by Crippen LogP contribution is 2.07. The van der Waals surface area contributed by atoms with E-state index in [1.54, 1.807) is 7.05 Å². The minimum atomic E-state index is -0.476. The number of halogens is 1. The fourth-order valence-corrected chi connectivity index (χ4v) is 1.77. The van der Waals surface area contributed by atoms with Crippen molar-refractivity contribution in [2.75, 3.05) is 27.7 Å². The molecule has 1 unspecified atom stereocenters. The Hall–Kier alpha value is -0.730. The number of carbonyl (C=O) groups excluding carboxylic acids is 1. The Morgan fingerprint density at radius 1 is 1.32 bits per heavy atom. The largest absolute Gasteiger partial charge is 0.444 e. The van der Waals surface area contributed by atoms with E-state index in [0.717, 1.165) is 25.2 Å². The molecular formula is C15H33IN4O2. The summed E-state index contributed by atoms with van der Waals surface area (Å²) in [5.74, 6) is 0.807. The number of ether oxygens (including phenoxy) is 1. The van der Waals surface area contributed by atoms with Crippen molar-refractivity contribution in [3.63, 3.8) is 0 Å². The van der Waals surface area contributed by atoms with Gasteiger partial charge in [-0.1, -0.05) is 19.8 Å². The van der Waals surface area contributed by atoms with Crippen molar-refractivity contribution >= 4 is 36.0 Å². The molecule has 0 aromatic heterocycles. The molecule has 0 rings (SSSR count). The topological polar surface area (TPSA) is 66.0 Å². The number of aliphatic imine (C=N–C) groups is 1. The molecule has 0 aliphatic heterocycles. The Balaban J connectivity index is 0. The molecule has 0 bridgehead atoms. The SMILES string of the molecule is CCCCC(CNC(=O)OC(C)(C)C)NC(=NC)N(C)C.I. The second-order valence-corrected chi connectivity index (χ2v) is 6.31. The van der Waals surface area contributed by atoms with E-state index in [1.165, 1.54) is 0 Å². The number of rotatable bonds is 6. The lowest BCUT2D eigenvalue weighted by Gasteiger charge is -2.25. The van der Waals surface area contributed by atoms with Crippen LogP contribution in [0.1, 0.15) is 47.0 Å². The van der Waals surface area contributed by atoms with Gasteiger partial charge < -0.3 is 20.3 Å². The summed E-state index contributed by atoms with van der Waals surface area (Å²) in [5, 5.41) is 6.18. The molecule has 1 amide bonds. The van der Waals surface area contributed by atoms with Gasteiger partial charge in [0, 0.05) is 33.7 Å². The summed E-state index contributed by atoms with van der Waals surface area (Å²) in [4.78, 5) is 17.9. The Labute approximate surface area is 152 Å². The van der Waals surface area contributed by atoms with E-state index < -0.39 is 5.60 Å². The lowest BCUT2D eigenvalue weighted by Crippen LogP contribution is -2.48. The molecule has 0 radical (unpaired) electrons. The van der Waals surface area contributed by atoms with Gasteiger partial charge in [-0.05, 0) is 27.2 Å². The monoisotopic (exact) mass is 428 g/mol. The van der Waals surface area contributed by atoms with E-state index in [0.29, 0.717) is 6.54 Å². The molecule has 0 aliphatic carbocycles. The Bertz CT molecular complexity index is 341. The molecule has 0 heterocycles. The molecule has 6 nitrogen and oxygen atoms in total. The highest BCUT2D eigenvalue weighted by Gasteiger charge is 2.18. The lowest BCUT2D eigenvalue weighted by molar-refractivity contribution is 0.0522. The van der Waals surface area contributed by atoms with Crippen molar-refractivity contribution in [2.45, 2.75) is 58.6 Å². The number of nitrogens with one attached hydrogen (secondary N) is 2. The smallest absolute Gasteiger partial charge is 0.407 e. The molecule has 0 aromatic carbocycles. The van der Waals surface area contributed by atoms with Crippen molar-refractivity contribution < 1.29 is 9.53 Å². The first-order valence-corrected chi connectivity index (χ1v) is 7.57. The maximum atomic E-state index is 11.7. The van der Waals surface area contributed by atoms with Crippen molar-refractivity contribution in [3.8, 4) is 0 Å². The first-order chi connectivity index (χ1) is 9.69. The zero-order valence-corrected chi connectivity index (χ0v) is 17.4. The van der Waals surface area contributed by atoms with Crippen LogP contribution >= 0.6 is 24.0 Å². The number of amides is 1. The van der Waals surface area contributed by atoms with Crippen molar-refractivity contribution in [3.05, 3.63) is 0 Å². The van der Waals surface area contributed by atoms with Gasteiger partial charge in [0.15, 0.2) is 5.96 Å². The van der Waals surface area contributed by atoms with Gasteiger partial charge in [-0.2, -0.15) is 0 Å². The van der Waals surface area contributed by atoms with E-state index >= 15 is 0 Å². The fraction of sp³-hybridized carbons (Fsp3) is 0.867. The maximum absolute atomic E-state index is 11.7. The molecule has 7 heteroatoms. The van der Waals surface area contributed by atoms with E-state index in [9.17, 15) is 4.79 Å². The van der Waals surface area contributed by atoms with Crippen LogP contribution in [0.15, 0.2) is 4.99 Å². The third-order valence-corrected chi connectivity index (χ3v) is 2.77. The molecule has 0 saturated carbocycles. The van der Waals surface area contributed by atoms with Gasteiger partial charge in [0.2, 0.25) is 0 Å². The van der Waals surface area contributed by atoms with Crippen molar-refractivity contribution in [1.29, 1.82) is 0 Å². The number of alkyl carbamates (subject to hydrolysis) is 1. The predicted molar refractivity (Wildman–Crippen MR) is 103 cm³/mol. The van der Waals surface area contributed by atoms with E-state index in [2.05, 4.69) is 22.5 Å². The number of unbranched alkanes of at least 4 members (excludes halogenated alkanes) is 1. The van der Waals surface area contributed by atoms with Gasteiger partial charge in [-0.25, -0.2) is 4.79 Å². The molecule has 0 aliphatic rings. The van der Waals surface area contributed by atoms with Gasteiger partial charge in [0.25, 0.3) is 0 Å². The van der Waals surface area contributed by atoms with E-state index in [4.69, 9.17) is 4.74 Å². The van der Waals surface area contributed by atoms with Crippen LogP contribution in [0, 0.1) is 0 Å². The molecule has 0 saturated heterocycles. The van der Waals surface area contributed by atoms with Crippen LogP contribution in [0.4, 0.5) is 4.79 Å². The number of carbonyl (C=O) groups is 1. The van der Waals surface area contributed by atoms with Gasteiger partial charge >= 0.3 is 6.09 Å². The van der Waals surface area contributed by atoms with Crippen molar-refractivity contribution in [2.24, 2.45) is 4.99 Å². The minimum absolute atomic E-state index is 0. The Kier molecular flexibility index (Phi) is 12.6. The summed E-state index contributed by atoms with van der Waals surface area (Å²) < 4.78 is 5.25. The third-order valence-electron chi connectivity index (χ3n) is 2.77. The molecule has 1 atom stereocenters. The normalized spacial score (nSPS) is 13.0. The van der Waals surface area contributed by atoms with Crippen LogP contribution in [-0.4, -0.2) is 56.3 Å². The van der Waals surface area contributed by atoms with Crippen LogP contribution in [0.25, 0.3) is 0 Å². The average Bonchev–Trinajstić information content (AvgIpc) is 2.35. The fourth-order valence-electron chi connectivity index (χ4n) is 1.77. The quantitative estimate of drug-likeness (QED) is 0.388. The van der Waals surface area contributed by atoms with Gasteiger partial charge in [0.05, 0.1) is 0 Å². The molecule has 132 valence electrons. The molecule has 0 fully saturated rings. The molecular weight excluding hydrogens is 395 g/mol. The summed E-state index contributed by atoms with van der Waals surface area (Å²) in [7, 11) is 5.63. The second kappa shape index (κ2) is 11.8. The molecule has 22 heavy (non-hydrogen) atoms. The number of nitrogens with zero attached hydrogens (tertiary/aromatic N) is 2. The highest BCUT2D eigenvalue weighted by atomic mass is 127. The van der Waals surface area contributed by atoms with E-state index in [-0.39, 0.29) is 36.1 Å². The number of guanidine groups is 1. The predicted octanol–water partition coefficient (Wildman–Crippen LogP) is 2.82. The summed E-state index contributed by atoms with van der Waals surface area (Å²) >= 11 is 0. The van der Waals surface area contributed by atoms with Gasteiger partial charge in [-0.3, -0.25) is 4.99 Å². The Morgan fingerprint density at radius 3 is 2.32 bits per heavy atom. The van der Waals surface area contributed by atoms with Gasteiger partial charge in [0.1, 0.15) is 5.60 Å². The van der Waals surface area contributed by atoms with Crippen LogP contribution in [0.5, 0.6) is 0 Å². The summed E-state index contributed by atoms with van der Waals surface area (Å²) in [6, 6.07) is 0.138. The van der Waals surface area contributed by atoms with Crippen LogP contribution in [0.3, 0.4) is 0 Å². The number of hydrogen-bond acceptors (Lipinski definition) is 3. The van der Waals surface area contributed by atoms with Crippen LogP contribution < -0.4 is 10.6 Å². The summed E-state index contributed by atoms with van der Waals surface area (Å²) in [6.07, 6.45) is 2.80. The first kappa shape index (κ1) is 23.5.